The molecule has 2 atom stereocenters. The Balaban J connectivity index is 0.927. The van der Waals surface area contributed by atoms with Crippen molar-refractivity contribution in [1.29, 1.82) is 0 Å². The van der Waals surface area contributed by atoms with E-state index in [0.717, 1.165) is 36.2 Å². The summed E-state index contributed by atoms with van der Waals surface area (Å²) in [4.78, 5) is 69.5. The third-order valence-electron chi connectivity index (χ3n) is 10.1. The number of hydrogen-bond acceptors (Lipinski definition) is 7. The first-order valence-corrected chi connectivity index (χ1v) is 16.2. The number of imide groups is 1. The molecule has 5 heterocycles. The molecule has 11 nitrogen and oxygen atoms in total. The molecule has 2 N–H and O–H groups in total. The molecule has 2 aromatic rings. The highest BCUT2D eigenvalue weighted by Gasteiger charge is 2.51. The van der Waals surface area contributed by atoms with Crippen LogP contribution >= 0.6 is 11.6 Å². The number of ether oxygens (including phenoxy) is 1. The molecule has 0 aliphatic carbocycles. The van der Waals surface area contributed by atoms with Crippen LogP contribution in [0.3, 0.4) is 0 Å². The Hall–Kier alpha value is -3.96. The molecule has 0 saturated carbocycles. The Morgan fingerprint density at radius 1 is 1.00 bits per heavy atom. The van der Waals surface area contributed by atoms with E-state index in [0.29, 0.717) is 68.3 Å². The van der Waals surface area contributed by atoms with Crippen molar-refractivity contribution in [3.05, 3.63) is 58.1 Å². The summed E-state index contributed by atoms with van der Waals surface area (Å²) in [7, 11) is 0. The number of anilines is 1. The number of nitrogens with zero attached hydrogens (tertiary/aromatic N) is 3. The zero-order valence-electron chi connectivity index (χ0n) is 25.0. The number of hydrogen-bond donors (Lipinski definition) is 2. The third kappa shape index (κ3) is 5.15. The van der Waals surface area contributed by atoms with E-state index >= 15 is 0 Å². The molecule has 0 bridgehead atoms. The number of nitrogens with one attached hydrogen (secondary N) is 2. The normalized spacial score (nSPS) is 24.1. The quantitative estimate of drug-likeness (QED) is 0.355. The van der Waals surface area contributed by atoms with Crippen molar-refractivity contribution in [2.24, 2.45) is 0 Å². The summed E-state index contributed by atoms with van der Waals surface area (Å²) in [6.45, 7) is 3.25. The molecule has 3 saturated heterocycles. The van der Waals surface area contributed by atoms with E-state index in [4.69, 9.17) is 16.3 Å². The molecule has 3 fully saturated rings. The van der Waals surface area contributed by atoms with E-state index in [9.17, 15) is 24.0 Å². The molecule has 45 heavy (non-hydrogen) atoms. The summed E-state index contributed by atoms with van der Waals surface area (Å²) in [6.07, 6.45) is 4.08. The molecule has 5 aliphatic rings. The first-order valence-electron chi connectivity index (χ1n) is 15.8. The number of rotatable bonds is 7. The largest absolute Gasteiger partial charge is 0.493 e. The van der Waals surface area contributed by atoms with Gasteiger partial charge >= 0.3 is 0 Å². The topological polar surface area (TPSA) is 128 Å². The van der Waals surface area contributed by atoms with Gasteiger partial charge in [-0.2, -0.15) is 0 Å². The van der Waals surface area contributed by atoms with E-state index < -0.39 is 17.4 Å². The lowest BCUT2D eigenvalue weighted by atomic mass is 9.73. The summed E-state index contributed by atoms with van der Waals surface area (Å²) in [6, 6.07) is 10.0. The van der Waals surface area contributed by atoms with Crippen LogP contribution in [0.1, 0.15) is 66.4 Å². The number of fused-ring (bicyclic) bond motifs is 3. The minimum Gasteiger partial charge on any atom is -0.493 e. The van der Waals surface area contributed by atoms with Gasteiger partial charge in [0, 0.05) is 53.5 Å². The molecule has 12 heteroatoms. The van der Waals surface area contributed by atoms with Crippen molar-refractivity contribution in [3.8, 4) is 5.75 Å². The van der Waals surface area contributed by atoms with Gasteiger partial charge in [-0.1, -0.05) is 23.7 Å². The van der Waals surface area contributed by atoms with Gasteiger partial charge in [0.25, 0.3) is 5.91 Å². The lowest BCUT2D eigenvalue weighted by Crippen LogP contribution is -2.53. The second-order valence-electron chi connectivity index (χ2n) is 12.6. The van der Waals surface area contributed by atoms with Gasteiger partial charge in [-0.3, -0.25) is 34.2 Å². The summed E-state index contributed by atoms with van der Waals surface area (Å²) in [5.74, 6) is -0.276. The maximum Gasteiger partial charge on any atom is 0.255 e. The van der Waals surface area contributed by atoms with Gasteiger partial charge in [-0.05, 0) is 69.3 Å². The highest BCUT2D eigenvalue weighted by atomic mass is 35.5. The average molecular weight is 634 g/mol. The zero-order valence-corrected chi connectivity index (χ0v) is 25.7. The minimum atomic E-state index is -0.682. The smallest absolute Gasteiger partial charge is 0.255 e. The van der Waals surface area contributed by atoms with Crippen molar-refractivity contribution in [2.75, 3.05) is 38.1 Å². The van der Waals surface area contributed by atoms with Gasteiger partial charge in [0.15, 0.2) is 0 Å². The van der Waals surface area contributed by atoms with Crippen molar-refractivity contribution in [2.45, 2.75) is 69.0 Å². The molecule has 236 valence electrons. The summed E-state index contributed by atoms with van der Waals surface area (Å²) >= 11 is 6.53. The molecular weight excluding hydrogens is 598 g/mol. The van der Waals surface area contributed by atoms with Crippen LogP contribution in [0.15, 0.2) is 36.4 Å². The fourth-order valence-electron chi connectivity index (χ4n) is 7.78. The Labute approximate surface area is 266 Å². The number of likely N-dealkylation sites (tertiary alicyclic amines) is 2. The van der Waals surface area contributed by atoms with E-state index in [1.54, 1.807) is 12.1 Å². The monoisotopic (exact) mass is 633 g/mol. The maximum atomic E-state index is 13.7. The Morgan fingerprint density at radius 2 is 1.80 bits per heavy atom. The highest BCUT2D eigenvalue weighted by Crippen LogP contribution is 2.48. The van der Waals surface area contributed by atoms with Crippen LogP contribution < -0.4 is 15.4 Å². The number of halogens is 1. The second-order valence-corrected chi connectivity index (χ2v) is 13.0. The Bertz CT molecular complexity index is 1590. The maximum absolute atomic E-state index is 13.7. The SMILES string of the molecule is O=C1CCC(N2Cc3c(OCCCN4CCCC4C(=O)N4CCC5(CC4)C(=O)Nc4cccc(Cl)c45)cccc3C2=O)C(=O)N1. The number of piperidine rings is 2. The number of amides is 5. The van der Waals surface area contributed by atoms with Crippen molar-refractivity contribution in [3.63, 3.8) is 0 Å². The molecular formula is C33H36ClN5O6. The Morgan fingerprint density at radius 3 is 2.60 bits per heavy atom. The average Bonchev–Trinajstić information content (AvgIpc) is 3.71. The number of carbonyl (C=O) groups is 5. The number of benzene rings is 2. The van der Waals surface area contributed by atoms with Crippen LogP contribution in [0.2, 0.25) is 5.02 Å². The van der Waals surface area contributed by atoms with E-state index in [-0.39, 0.29) is 42.6 Å². The molecule has 1 spiro atoms. The van der Waals surface area contributed by atoms with Crippen molar-refractivity contribution < 1.29 is 28.7 Å². The van der Waals surface area contributed by atoms with Gasteiger partial charge < -0.3 is 19.9 Å². The van der Waals surface area contributed by atoms with Gasteiger partial charge in [-0.25, -0.2) is 0 Å². The lowest BCUT2D eigenvalue weighted by Gasteiger charge is -2.40. The first kappa shape index (κ1) is 29.7. The lowest BCUT2D eigenvalue weighted by molar-refractivity contribution is -0.139. The molecule has 0 aromatic heterocycles. The van der Waals surface area contributed by atoms with E-state index in [2.05, 4.69) is 15.5 Å². The fraction of sp³-hybridized carbons (Fsp3) is 0.485. The molecule has 5 amide bonds. The standard InChI is InChI=1S/C33H36ClN5O6/c34-22-6-2-7-23-28(22)33(32(44)35-23)12-16-38(17-13-33)31(43)25-8-3-14-37(25)15-4-18-45-26-9-1-5-20-21(26)19-39(30(20)42)24-10-11-27(40)36-29(24)41/h1-2,5-7,9,24-25H,3-4,8,10-19H2,(H,35,44)(H,36,40,41). The van der Waals surface area contributed by atoms with E-state index in [1.807, 2.05) is 29.2 Å². The molecule has 2 unspecified atom stereocenters. The second kappa shape index (κ2) is 11.8. The summed E-state index contributed by atoms with van der Waals surface area (Å²) in [5, 5.41) is 5.91. The van der Waals surface area contributed by atoms with Crippen LogP contribution in [0.4, 0.5) is 5.69 Å². The van der Waals surface area contributed by atoms with Gasteiger partial charge in [-0.15, -0.1) is 0 Å². The van der Waals surface area contributed by atoms with Gasteiger partial charge in [0.05, 0.1) is 24.6 Å². The predicted octanol–water partition coefficient (Wildman–Crippen LogP) is 2.85. The summed E-state index contributed by atoms with van der Waals surface area (Å²) in [5.41, 5.74) is 2.23. The summed E-state index contributed by atoms with van der Waals surface area (Å²) < 4.78 is 6.15. The Kier molecular flexibility index (Phi) is 7.77. The number of carbonyl (C=O) groups excluding carboxylic acids is 5. The van der Waals surface area contributed by atoms with Crippen LogP contribution in [0, 0.1) is 0 Å². The molecule has 0 radical (unpaired) electrons. The molecule has 5 aliphatic heterocycles. The third-order valence-corrected chi connectivity index (χ3v) is 10.5. The van der Waals surface area contributed by atoms with Crippen LogP contribution in [0.25, 0.3) is 0 Å². The zero-order chi connectivity index (χ0) is 31.3. The van der Waals surface area contributed by atoms with Crippen molar-refractivity contribution in [1.82, 2.24) is 20.0 Å². The highest BCUT2D eigenvalue weighted by molar-refractivity contribution is 6.33. The first-order chi connectivity index (χ1) is 21.8. The molecule has 2 aromatic carbocycles. The fourth-order valence-corrected chi connectivity index (χ4v) is 8.14. The van der Waals surface area contributed by atoms with Crippen molar-refractivity contribution >= 4 is 46.8 Å². The minimum absolute atomic E-state index is 0.0303. The van der Waals surface area contributed by atoms with E-state index in [1.165, 1.54) is 4.90 Å². The van der Waals surface area contributed by atoms with Crippen LogP contribution in [-0.4, -0.2) is 89.1 Å². The van der Waals surface area contributed by atoms with Crippen LogP contribution in [-0.2, 0) is 31.1 Å². The van der Waals surface area contributed by atoms with Crippen LogP contribution in [0.5, 0.6) is 5.75 Å². The van der Waals surface area contributed by atoms with Gasteiger partial charge in [0.2, 0.25) is 23.6 Å². The predicted molar refractivity (Wildman–Crippen MR) is 165 cm³/mol. The molecule has 7 rings (SSSR count). The van der Waals surface area contributed by atoms with Gasteiger partial charge in [0.1, 0.15) is 11.8 Å².